The summed E-state index contributed by atoms with van der Waals surface area (Å²) in [5, 5.41) is 14.8. The summed E-state index contributed by atoms with van der Waals surface area (Å²) in [6.07, 6.45) is 5.23. The molecule has 5 nitrogen and oxygen atoms in total. The van der Waals surface area contributed by atoms with Gasteiger partial charge in [0.15, 0.2) is 0 Å². The second kappa shape index (κ2) is 8.38. The van der Waals surface area contributed by atoms with Gasteiger partial charge in [-0.2, -0.15) is 0 Å². The highest BCUT2D eigenvalue weighted by molar-refractivity contribution is 5.74. The molecule has 112 valence electrons. The first-order chi connectivity index (χ1) is 9.02. The number of nitrogens with one attached hydrogen (secondary N) is 2. The lowest BCUT2D eigenvalue weighted by Crippen LogP contribution is -2.47. The molecule has 1 aliphatic carbocycles. The van der Waals surface area contributed by atoms with Gasteiger partial charge in [0, 0.05) is 25.2 Å². The van der Waals surface area contributed by atoms with Crippen LogP contribution in [0.1, 0.15) is 39.0 Å². The summed E-state index contributed by atoms with van der Waals surface area (Å²) in [5.74, 6) is 0.316. The van der Waals surface area contributed by atoms with Crippen molar-refractivity contribution in [1.29, 1.82) is 0 Å². The second-order valence-corrected chi connectivity index (χ2v) is 5.95. The quantitative estimate of drug-likeness (QED) is 0.679. The van der Waals surface area contributed by atoms with Gasteiger partial charge in [0.1, 0.15) is 0 Å². The molecular weight excluding hydrogens is 242 g/mol. The summed E-state index contributed by atoms with van der Waals surface area (Å²) in [6, 6.07) is 0.788. The first kappa shape index (κ1) is 16.2. The van der Waals surface area contributed by atoms with Crippen LogP contribution in [-0.4, -0.2) is 55.4 Å². The lowest BCUT2D eigenvalue weighted by molar-refractivity contribution is 0.192. The minimum Gasteiger partial charge on any atom is -0.396 e. The molecule has 0 saturated heterocycles. The lowest BCUT2D eigenvalue weighted by Gasteiger charge is -2.33. The molecule has 0 aromatic heterocycles. The topological polar surface area (TPSA) is 64.6 Å². The summed E-state index contributed by atoms with van der Waals surface area (Å²) in [5.41, 5.74) is 0. The number of rotatable bonds is 6. The van der Waals surface area contributed by atoms with E-state index in [0.29, 0.717) is 18.5 Å². The number of amides is 2. The molecule has 0 bridgehead atoms. The van der Waals surface area contributed by atoms with Gasteiger partial charge in [0.2, 0.25) is 0 Å². The number of urea groups is 1. The zero-order valence-electron chi connectivity index (χ0n) is 12.5. The zero-order valence-corrected chi connectivity index (χ0v) is 12.5. The van der Waals surface area contributed by atoms with Crippen LogP contribution in [-0.2, 0) is 0 Å². The standard InChI is InChI=1S/C14H29N3O2/c1-11(7-8-18)10-15-14(19)16-12-5-4-6-13(9-12)17(2)3/h11-13,18H,4-10H2,1-3H3,(H2,15,16,19). The Kier molecular flexibility index (Phi) is 7.16. The third kappa shape index (κ3) is 6.25. The minimum absolute atomic E-state index is 0.0748. The average molecular weight is 271 g/mol. The van der Waals surface area contributed by atoms with Gasteiger partial charge >= 0.3 is 6.03 Å². The Labute approximate surface area is 116 Å². The molecule has 0 aliphatic heterocycles. The van der Waals surface area contributed by atoms with Gasteiger partial charge < -0.3 is 20.6 Å². The molecule has 0 aromatic carbocycles. The molecule has 3 N–H and O–H groups in total. The summed E-state index contributed by atoms with van der Waals surface area (Å²) >= 11 is 0. The van der Waals surface area contributed by atoms with Crippen molar-refractivity contribution in [1.82, 2.24) is 15.5 Å². The number of hydrogen-bond donors (Lipinski definition) is 3. The van der Waals surface area contributed by atoms with Crippen LogP contribution in [0, 0.1) is 5.92 Å². The molecule has 3 unspecified atom stereocenters. The molecule has 1 fully saturated rings. The lowest BCUT2D eigenvalue weighted by atomic mass is 9.90. The number of carbonyl (C=O) groups excluding carboxylic acids is 1. The first-order valence-corrected chi connectivity index (χ1v) is 7.34. The van der Waals surface area contributed by atoms with Crippen molar-refractivity contribution >= 4 is 6.03 Å². The van der Waals surface area contributed by atoms with Crippen LogP contribution in [0.25, 0.3) is 0 Å². The van der Waals surface area contributed by atoms with Gasteiger partial charge in [-0.3, -0.25) is 0 Å². The SMILES string of the molecule is CC(CCO)CNC(=O)NC1CCCC(N(C)C)C1. The zero-order chi connectivity index (χ0) is 14.3. The van der Waals surface area contributed by atoms with E-state index < -0.39 is 0 Å². The van der Waals surface area contributed by atoms with Gasteiger partial charge in [0.05, 0.1) is 0 Å². The highest BCUT2D eigenvalue weighted by atomic mass is 16.3. The van der Waals surface area contributed by atoms with Crippen LogP contribution in [0.3, 0.4) is 0 Å². The van der Waals surface area contributed by atoms with Crippen molar-refractivity contribution in [2.45, 2.75) is 51.1 Å². The van der Waals surface area contributed by atoms with E-state index in [0.717, 1.165) is 19.3 Å². The Morgan fingerprint density at radius 3 is 2.79 bits per heavy atom. The Morgan fingerprint density at radius 2 is 2.16 bits per heavy atom. The van der Waals surface area contributed by atoms with E-state index >= 15 is 0 Å². The van der Waals surface area contributed by atoms with Gasteiger partial charge in [-0.15, -0.1) is 0 Å². The molecule has 0 aromatic rings. The van der Waals surface area contributed by atoms with Gasteiger partial charge in [0.25, 0.3) is 0 Å². The summed E-state index contributed by atoms with van der Waals surface area (Å²) < 4.78 is 0. The summed E-state index contributed by atoms with van der Waals surface area (Å²) in [6.45, 7) is 2.83. The molecule has 3 atom stereocenters. The fourth-order valence-electron chi connectivity index (χ4n) is 2.59. The predicted molar refractivity (Wildman–Crippen MR) is 77.1 cm³/mol. The Balaban J connectivity index is 2.24. The molecule has 5 heteroatoms. The van der Waals surface area contributed by atoms with Crippen LogP contribution in [0.2, 0.25) is 0 Å². The van der Waals surface area contributed by atoms with Gasteiger partial charge in [-0.1, -0.05) is 6.92 Å². The molecule has 19 heavy (non-hydrogen) atoms. The Hall–Kier alpha value is -0.810. The van der Waals surface area contributed by atoms with Crippen LogP contribution >= 0.6 is 0 Å². The van der Waals surface area contributed by atoms with Crippen molar-refractivity contribution in [3.63, 3.8) is 0 Å². The molecule has 1 saturated carbocycles. The number of aliphatic hydroxyl groups is 1. The smallest absolute Gasteiger partial charge is 0.315 e. The van der Waals surface area contributed by atoms with Crippen LogP contribution < -0.4 is 10.6 Å². The van der Waals surface area contributed by atoms with E-state index in [1.807, 2.05) is 6.92 Å². The number of nitrogens with zero attached hydrogens (tertiary/aromatic N) is 1. The van der Waals surface area contributed by atoms with Crippen molar-refractivity contribution in [3.8, 4) is 0 Å². The maximum atomic E-state index is 11.8. The normalized spacial score (nSPS) is 25.1. The monoisotopic (exact) mass is 271 g/mol. The maximum Gasteiger partial charge on any atom is 0.315 e. The highest BCUT2D eigenvalue weighted by Gasteiger charge is 2.24. The second-order valence-electron chi connectivity index (χ2n) is 5.95. The number of carbonyl (C=O) groups is 1. The first-order valence-electron chi connectivity index (χ1n) is 7.34. The van der Waals surface area contributed by atoms with E-state index in [4.69, 9.17) is 5.11 Å². The van der Waals surface area contributed by atoms with Crippen molar-refractivity contribution in [2.75, 3.05) is 27.2 Å². The average Bonchev–Trinajstić information content (AvgIpc) is 2.37. The molecule has 0 spiro atoms. The van der Waals surface area contributed by atoms with Gasteiger partial charge in [-0.05, 0) is 52.1 Å². The largest absolute Gasteiger partial charge is 0.396 e. The van der Waals surface area contributed by atoms with Crippen molar-refractivity contribution in [3.05, 3.63) is 0 Å². The van der Waals surface area contributed by atoms with Crippen LogP contribution in [0.5, 0.6) is 0 Å². The predicted octanol–water partition coefficient (Wildman–Crippen LogP) is 1.18. The van der Waals surface area contributed by atoms with Crippen LogP contribution in [0.4, 0.5) is 4.79 Å². The Morgan fingerprint density at radius 1 is 1.42 bits per heavy atom. The van der Waals surface area contributed by atoms with Crippen LogP contribution in [0.15, 0.2) is 0 Å². The third-order valence-electron chi connectivity index (χ3n) is 3.95. The third-order valence-corrected chi connectivity index (χ3v) is 3.95. The van der Waals surface area contributed by atoms with Crippen molar-refractivity contribution < 1.29 is 9.90 Å². The van der Waals surface area contributed by atoms with E-state index in [2.05, 4.69) is 29.6 Å². The molecular formula is C14H29N3O2. The minimum atomic E-state index is -0.0748. The summed E-state index contributed by atoms with van der Waals surface area (Å²) in [4.78, 5) is 14.0. The molecule has 0 radical (unpaired) electrons. The molecule has 1 rings (SSSR count). The number of aliphatic hydroxyl groups excluding tert-OH is 1. The summed E-state index contributed by atoms with van der Waals surface area (Å²) in [7, 11) is 4.20. The highest BCUT2D eigenvalue weighted by Crippen LogP contribution is 2.21. The van der Waals surface area contributed by atoms with E-state index in [1.54, 1.807) is 0 Å². The van der Waals surface area contributed by atoms with E-state index in [-0.39, 0.29) is 18.7 Å². The fourth-order valence-corrected chi connectivity index (χ4v) is 2.59. The van der Waals surface area contributed by atoms with E-state index in [1.165, 1.54) is 12.8 Å². The Bertz CT molecular complexity index is 271. The van der Waals surface area contributed by atoms with E-state index in [9.17, 15) is 4.79 Å². The van der Waals surface area contributed by atoms with Gasteiger partial charge in [-0.25, -0.2) is 4.79 Å². The molecule has 0 heterocycles. The fraction of sp³-hybridized carbons (Fsp3) is 0.929. The maximum absolute atomic E-state index is 11.8. The molecule has 1 aliphatic rings. The van der Waals surface area contributed by atoms with Crippen molar-refractivity contribution in [2.24, 2.45) is 5.92 Å². The molecule has 2 amide bonds. The number of hydrogen-bond acceptors (Lipinski definition) is 3.